The highest BCUT2D eigenvalue weighted by atomic mass is 16.5. The molecule has 3 aliphatic carbocycles. The minimum Gasteiger partial charge on any atom is -0.469 e. The van der Waals surface area contributed by atoms with Gasteiger partial charge in [-0.2, -0.15) is 0 Å². The number of nitrogens with one attached hydrogen (secondary N) is 1. The molecule has 4 rings (SSSR count). The number of hydrogen-bond acceptors (Lipinski definition) is 3. The van der Waals surface area contributed by atoms with Crippen LogP contribution in [0.25, 0.3) is 0 Å². The highest BCUT2D eigenvalue weighted by molar-refractivity contribution is 5.77. The summed E-state index contributed by atoms with van der Waals surface area (Å²) in [5.41, 5.74) is 0.372. The third kappa shape index (κ3) is 2.10. The maximum Gasteiger partial charge on any atom is 0.309 e. The van der Waals surface area contributed by atoms with Crippen LogP contribution in [0.3, 0.4) is 0 Å². The third-order valence-electron chi connectivity index (χ3n) is 8.58. The fraction of sp³-hybridized carbons (Fsp3) is 0.900. The van der Waals surface area contributed by atoms with Gasteiger partial charge < -0.3 is 10.1 Å². The molecule has 0 bridgehead atoms. The lowest BCUT2D eigenvalue weighted by Gasteiger charge is -2.60. The van der Waals surface area contributed by atoms with Crippen molar-refractivity contribution in [3.63, 3.8) is 0 Å². The zero-order chi connectivity index (χ0) is 17.1. The van der Waals surface area contributed by atoms with E-state index in [4.69, 9.17) is 4.74 Å². The van der Waals surface area contributed by atoms with Crippen LogP contribution in [0.15, 0.2) is 0 Å². The Morgan fingerprint density at radius 2 is 1.79 bits per heavy atom. The summed E-state index contributed by atoms with van der Waals surface area (Å²) in [6.45, 7) is 4.77. The van der Waals surface area contributed by atoms with Crippen molar-refractivity contribution in [1.29, 1.82) is 0 Å². The normalized spacial score (nSPS) is 50.3. The SMILES string of the molecule is COC(=O)C1CC[C@H]2[C@@H]3CC[C@H]4NC(=O)CC[C@]4(C)[C@H]3CC[C@]12C. The van der Waals surface area contributed by atoms with E-state index >= 15 is 0 Å². The summed E-state index contributed by atoms with van der Waals surface area (Å²) in [7, 11) is 1.53. The van der Waals surface area contributed by atoms with Crippen LogP contribution in [-0.2, 0) is 14.3 Å². The number of methoxy groups -OCH3 is 1. The van der Waals surface area contributed by atoms with E-state index in [1.807, 2.05) is 0 Å². The van der Waals surface area contributed by atoms with Crippen LogP contribution in [0.1, 0.15) is 65.2 Å². The highest BCUT2D eigenvalue weighted by Crippen LogP contribution is 2.65. The van der Waals surface area contributed by atoms with E-state index in [1.54, 1.807) is 0 Å². The van der Waals surface area contributed by atoms with Crippen molar-refractivity contribution in [2.45, 2.75) is 71.3 Å². The van der Waals surface area contributed by atoms with Gasteiger partial charge in [0.15, 0.2) is 0 Å². The van der Waals surface area contributed by atoms with Crippen molar-refractivity contribution in [3.05, 3.63) is 0 Å². The molecule has 4 aliphatic rings. The highest BCUT2D eigenvalue weighted by Gasteiger charge is 2.61. The Balaban J connectivity index is 1.61. The first-order valence-electron chi connectivity index (χ1n) is 9.77. The fourth-order valence-electron chi connectivity index (χ4n) is 7.23. The summed E-state index contributed by atoms with van der Waals surface area (Å²) in [6, 6.07) is 0.363. The van der Waals surface area contributed by atoms with Gasteiger partial charge in [-0.3, -0.25) is 9.59 Å². The van der Waals surface area contributed by atoms with Crippen LogP contribution in [0.5, 0.6) is 0 Å². The molecule has 0 radical (unpaired) electrons. The lowest BCUT2D eigenvalue weighted by atomic mass is 9.47. The van der Waals surface area contributed by atoms with Crippen LogP contribution in [-0.4, -0.2) is 25.0 Å². The van der Waals surface area contributed by atoms with E-state index in [-0.39, 0.29) is 28.6 Å². The number of amides is 1. The van der Waals surface area contributed by atoms with Crippen molar-refractivity contribution < 1.29 is 14.3 Å². The number of carbonyl (C=O) groups is 2. The van der Waals surface area contributed by atoms with Gasteiger partial charge in [0.2, 0.25) is 5.91 Å². The van der Waals surface area contributed by atoms with Crippen molar-refractivity contribution >= 4 is 11.9 Å². The average molecular weight is 333 g/mol. The Hall–Kier alpha value is -1.06. The van der Waals surface area contributed by atoms with E-state index in [2.05, 4.69) is 19.2 Å². The Labute approximate surface area is 145 Å². The van der Waals surface area contributed by atoms with E-state index in [1.165, 1.54) is 26.4 Å². The Morgan fingerprint density at radius 3 is 2.54 bits per heavy atom. The summed E-state index contributed by atoms with van der Waals surface area (Å²) >= 11 is 0. The molecule has 1 heterocycles. The van der Waals surface area contributed by atoms with Crippen LogP contribution in [0.2, 0.25) is 0 Å². The molecule has 0 aromatic heterocycles. The molecular weight excluding hydrogens is 302 g/mol. The lowest BCUT2D eigenvalue weighted by Crippen LogP contribution is -2.61. The van der Waals surface area contributed by atoms with E-state index in [9.17, 15) is 9.59 Å². The summed E-state index contributed by atoms with van der Waals surface area (Å²) in [5, 5.41) is 3.28. The fourth-order valence-corrected chi connectivity index (χ4v) is 7.23. The summed E-state index contributed by atoms with van der Waals surface area (Å²) < 4.78 is 5.12. The monoisotopic (exact) mass is 333 g/mol. The molecule has 3 saturated carbocycles. The summed E-state index contributed by atoms with van der Waals surface area (Å²) in [5.74, 6) is 2.40. The smallest absolute Gasteiger partial charge is 0.309 e. The molecule has 0 aromatic rings. The zero-order valence-corrected chi connectivity index (χ0v) is 15.3. The first kappa shape index (κ1) is 16.4. The number of piperidine rings is 1. The third-order valence-corrected chi connectivity index (χ3v) is 8.58. The maximum absolute atomic E-state index is 12.3. The van der Waals surface area contributed by atoms with E-state index in [0.717, 1.165) is 31.6 Å². The van der Waals surface area contributed by atoms with Gasteiger partial charge >= 0.3 is 5.97 Å². The number of hydrogen-bond donors (Lipinski definition) is 1. The first-order chi connectivity index (χ1) is 11.4. The molecule has 134 valence electrons. The summed E-state index contributed by atoms with van der Waals surface area (Å²) in [4.78, 5) is 24.1. The molecule has 0 aromatic carbocycles. The second-order valence-electron chi connectivity index (χ2n) is 9.28. The Kier molecular flexibility index (Phi) is 3.74. The molecule has 1 saturated heterocycles. The minimum atomic E-state index is 0.00303. The zero-order valence-electron chi connectivity index (χ0n) is 15.3. The van der Waals surface area contributed by atoms with E-state index < -0.39 is 0 Å². The van der Waals surface area contributed by atoms with Gasteiger partial charge in [0.05, 0.1) is 13.0 Å². The number of carbonyl (C=O) groups excluding carboxylic acids is 2. The van der Waals surface area contributed by atoms with Gasteiger partial charge in [0.25, 0.3) is 0 Å². The second-order valence-corrected chi connectivity index (χ2v) is 9.28. The van der Waals surface area contributed by atoms with Gasteiger partial charge in [0, 0.05) is 12.5 Å². The number of rotatable bonds is 1. The standard InChI is InChI=1S/C20H31NO3/c1-19-10-8-14-12(13(19)5-6-15(19)18(23)24-3)4-7-16-20(14,2)11-9-17(22)21-16/h12-16H,4-11H2,1-3H3,(H,21,22)/t12-,13-,14-,15?,16+,19-,20+/m0/s1. The number of ether oxygens (including phenoxy) is 1. The van der Waals surface area contributed by atoms with Gasteiger partial charge in [-0.05, 0) is 73.5 Å². The Morgan fingerprint density at radius 1 is 1.04 bits per heavy atom. The van der Waals surface area contributed by atoms with Gasteiger partial charge in [-0.15, -0.1) is 0 Å². The average Bonchev–Trinajstić information content (AvgIpc) is 2.92. The molecule has 4 fully saturated rings. The van der Waals surface area contributed by atoms with Crippen LogP contribution < -0.4 is 5.32 Å². The molecule has 24 heavy (non-hydrogen) atoms. The Bertz CT molecular complexity index is 561. The van der Waals surface area contributed by atoms with Gasteiger partial charge in [0.1, 0.15) is 0 Å². The van der Waals surface area contributed by atoms with Crippen LogP contribution in [0, 0.1) is 34.5 Å². The van der Waals surface area contributed by atoms with E-state index in [0.29, 0.717) is 24.3 Å². The second kappa shape index (κ2) is 5.47. The topological polar surface area (TPSA) is 55.4 Å². The molecule has 1 unspecified atom stereocenters. The van der Waals surface area contributed by atoms with Crippen molar-refractivity contribution in [3.8, 4) is 0 Å². The molecule has 0 spiro atoms. The molecule has 1 aliphatic heterocycles. The van der Waals surface area contributed by atoms with Crippen molar-refractivity contribution in [2.75, 3.05) is 7.11 Å². The molecule has 4 nitrogen and oxygen atoms in total. The number of fused-ring (bicyclic) bond motifs is 5. The van der Waals surface area contributed by atoms with Crippen LogP contribution >= 0.6 is 0 Å². The molecular formula is C20H31NO3. The van der Waals surface area contributed by atoms with Gasteiger partial charge in [-0.25, -0.2) is 0 Å². The molecule has 7 atom stereocenters. The summed E-state index contributed by atoms with van der Waals surface area (Å²) in [6.07, 6.45) is 8.54. The quantitative estimate of drug-likeness (QED) is 0.749. The maximum atomic E-state index is 12.3. The predicted octanol–water partition coefficient (Wildman–Crippen LogP) is 3.30. The molecule has 4 heteroatoms. The van der Waals surface area contributed by atoms with Crippen LogP contribution in [0.4, 0.5) is 0 Å². The van der Waals surface area contributed by atoms with Crippen molar-refractivity contribution in [2.24, 2.45) is 34.5 Å². The van der Waals surface area contributed by atoms with Crippen molar-refractivity contribution in [1.82, 2.24) is 5.32 Å². The first-order valence-corrected chi connectivity index (χ1v) is 9.77. The predicted molar refractivity (Wildman–Crippen MR) is 91.1 cm³/mol. The largest absolute Gasteiger partial charge is 0.469 e. The number of esters is 1. The minimum absolute atomic E-state index is 0.00303. The van der Waals surface area contributed by atoms with Gasteiger partial charge in [-0.1, -0.05) is 13.8 Å². The molecule has 1 N–H and O–H groups in total. The molecule has 1 amide bonds. The lowest BCUT2D eigenvalue weighted by molar-refractivity contribution is -0.155.